The third-order valence-electron chi connectivity index (χ3n) is 2.83. The SMILES string of the molecule is CCOCCC(O)c1ccc(OC2CC2)cc1. The van der Waals surface area contributed by atoms with Crippen molar-refractivity contribution < 1.29 is 14.6 Å². The fourth-order valence-corrected chi connectivity index (χ4v) is 1.65. The van der Waals surface area contributed by atoms with Gasteiger partial charge in [0.1, 0.15) is 5.75 Å². The molecule has 0 amide bonds. The normalized spacial score (nSPS) is 16.8. The molecular weight excluding hydrogens is 216 g/mol. The minimum absolute atomic E-state index is 0.420. The predicted molar refractivity (Wildman–Crippen MR) is 66.2 cm³/mol. The van der Waals surface area contributed by atoms with Gasteiger partial charge in [0, 0.05) is 19.6 Å². The van der Waals surface area contributed by atoms with Crippen molar-refractivity contribution in [2.75, 3.05) is 13.2 Å². The van der Waals surface area contributed by atoms with Crippen LogP contribution in [0.15, 0.2) is 24.3 Å². The molecule has 0 spiro atoms. The number of rotatable bonds is 7. The third kappa shape index (κ3) is 4.02. The number of hydrogen-bond acceptors (Lipinski definition) is 3. The molecule has 0 aromatic heterocycles. The summed E-state index contributed by atoms with van der Waals surface area (Å²) in [6.07, 6.45) is 2.94. The summed E-state index contributed by atoms with van der Waals surface area (Å²) < 4.78 is 10.9. The van der Waals surface area contributed by atoms with Gasteiger partial charge in [0.05, 0.1) is 12.2 Å². The second-order valence-electron chi connectivity index (χ2n) is 4.39. The van der Waals surface area contributed by atoms with E-state index in [9.17, 15) is 5.11 Å². The summed E-state index contributed by atoms with van der Waals surface area (Å²) in [7, 11) is 0. The number of hydrogen-bond donors (Lipinski definition) is 1. The maximum absolute atomic E-state index is 9.91. The summed E-state index contributed by atoms with van der Waals surface area (Å²) in [5.74, 6) is 0.897. The Balaban J connectivity index is 1.82. The fourth-order valence-electron chi connectivity index (χ4n) is 1.65. The maximum atomic E-state index is 9.91. The van der Waals surface area contributed by atoms with Crippen molar-refractivity contribution in [3.8, 4) is 5.75 Å². The van der Waals surface area contributed by atoms with Crippen molar-refractivity contribution in [2.24, 2.45) is 0 Å². The summed E-state index contributed by atoms with van der Waals surface area (Å²) in [6, 6.07) is 7.71. The van der Waals surface area contributed by atoms with Crippen LogP contribution in [0, 0.1) is 0 Å². The van der Waals surface area contributed by atoms with E-state index in [1.807, 2.05) is 31.2 Å². The first-order valence-corrected chi connectivity index (χ1v) is 6.32. The highest BCUT2D eigenvalue weighted by Crippen LogP contribution is 2.27. The van der Waals surface area contributed by atoms with E-state index in [0.717, 1.165) is 11.3 Å². The molecule has 1 aliphatic rings. The first kappa shape index (κ1) is 12.4. The van der Waals surface area contributed by atoms with Gasteiger partial charge < -0.3 is 14.6 Å². The number of ether oxygens (including phenoxy) is 2. The van der Waals surface area contributed by atoms with Crippen LogP contribution in [0.3, 0.4) is 0 Å². The van der Waals surface area contributed by atoms with E-state index >= 15 is 0 Å². The van der Waals surface area contributed by atoms with Gasteiger partial charge in [-0.05, 0) is 37.5 Å². The van der Waals surface area contributed by atoms with Gasteiger partial charge in [0.2, 0.25) is 0 Å². The van der Waals surface area contributed by atoms with Gasteiger partial charge in [-0.3, -0.25) is 0 Å². The van der Waals surface area contributed by atoms with E-state index in [-0.39, 0.29) is 0 Å². The van der Waals surface area contributed by atoms with Crippen LogP contribution in [0.1, 0.15) is 37.9 Å². The molecule has 3 nitrogen and oxygen atoms in total. The molecule has 1 saturated carbocycles. The summed E-state index contributed by atoms with van der Waals surface area (Å²) in [5.41, 5.74) is 0.924. The minimum Gasteiger partial charge on any atom is -0.490 e. The van der Waals surface area contributed by atoms with Crippen molar-refractivity contribution in [3.63, 3.8) is 0 Å². The lowest BCUT2D eigenvalue weighted by Gasteiger charge is -2.11. The molecule has 1 aliphatic carbocycles. The Morgan fingerprint density at radius 3 is 2.59 bits per heavy atom. The molecule has 0 heterocycles. The molecule has 0 aliphatic heterocycles. The predicted octanol–water partition coefficient (Wildman–Crippen LogP) is 2.69. The maximum Gasteiger partial charge on any atom is 0.119 e. The van der Waals surface area contributed by atoms with Crippen molar-refractivity contribution in [1.29, 1.82) is 0 Å². The lowest BCUT2D eigenvalue weighted by molar-refractivity contribution is 0.0886. The van der Waals surface area contributed by atoms with Crippen LogP contribution in [0.25, 0.3) is 0 Å². The van der Waals surface area contributed by atoms with Gasteiger partial charge in [-0.25, -0.2) is 0 Å². The fraction of sp³-hybridized carbons (Fsp3) is 0.571. The molecule has 3 heteroatoms. The zero-order valence-corrected chi connectivity index (χ0v) is 10.3. The molecule has 1 aromatic carbocycles. The lowest BCUT2D eigenvalue weighted by atomic mass is 10.1. The second-order valence-corrected chi connectivity index (χ2v) is 4.39. The highest BCUT2D eigenvalue weighted by atomic mass is 16.5. The Kier molecular flexibility index (Phi) is 4.40. The lowest BCUT2D eigenvalue weighted by Crippen LogP contribution is -2.03. The Morgan fingerprint density at radius 1 is 1.29 bits per heavy atom. The van der Waals surface area contributed by atoms with E-state index in [1.165, 1.54) is 12.8 Å². The van der Waals surface area contributed by atoms with Crippen LogP contribution in [-0.2, 0) is 4.74 Å². The number of aliphatic hydroxyl groups is 1. The highest BCUT2D eigenvalue weighted by molar-refractivity contribution is 5.29. The van der Waals surface area contributed by atoms with Gasteiger partial charge in [0.15, 0.2) is 0 Å². The van der Waals surface area contributed by atoms with E-state index in [2.05, 4.69) is 0 Å². The summed E-state index contributed by atoms with van der Waals surface area (Å²) in [4.78, 5) is 0. The van der Waals surface area contributed by atoms with Crippen LogP contribution in [0.5, 0.6) is 5.75 Å². The van der Waals surface area contributed by atoms with Gasteiger partial charge in [-0.2, -0.15) is 0 Å². The number of benzene rings is 1. The molecule has 2 rings (SSSR count). The molecule has 0 bridgehead atoms. The summed E-state index contributed by atoms with van der Waals surface area (Å²) in [6.45, 7) is 3.25. The van der Waals surface area contributed by atoms with E-state index in [4.69, 9.17) is 9.47 Å². The second kappa shape index (κ2) is 6.03. The highest BCUT2D eigenvalue weighted by Gasteiger charge is 2.23. The quantitative estimate of drug-likeness (QED) is 0.740. The molecule has 1 N–H and O–H groups in total. The molecule has 94 valence electrons. The zero-order valence-electron chi connectivity index (χ0n) is 10.3. The third-order valence-corrected chi connectivity index (χ3v) is 2.83. The van der Waals surface area contributed by atoms with Gasteiger partial charge in [-0.1, -0.05) is 12.1 Å². The van der Waals surface area contributed by atoms with Gasteiger partial charge in [0.25, 0.3) is 0 Å². The standard InChI is InChI=1S/C14H20O3/c1-2-16-10-9-14(15)11-3-5-12(6-4-11)17-13-7-8-13/h3-6,13-15H,2,7-10H2,1H3. The average molecular weight is 236 g/mol. The first-order valence-electron chi connectivity index (χ1n) is 6.32. The molecule has 1 aromatic rings. The molecule has 1 unspecified atom stereocenters. The van der Waals surface area contributed by atoms with E-state index in [0.29, 0.717) is 25.7 Å². The summed E-state index contributed by atoms with van der Waals surface area (Å²) >= 11 is 0. The summed E-state index contributed by atoms with van der Waals surface area (Å²) in [5, 5.41) is 9.91. The Morgan fingerprint density at radius 2 is 2.00 bits per heavy atom. The Bertz CT molecular complexity index is 330. The van der Waals surface area contributed by atoms with Crippen molar-refractivity contribution >= 4 is 0 Å². The Hall–Kier alpha value is -1.06. The number of aliphatic hydroxyl groups excluding tert-OH is 1. The monoisotopic (exact) mass is 236 g/mol. The molecule has 17 heavy (non-hydrogen) atoms. The van der Waals surface area contributed by atoms with E-state index < -0.39 is 6.10 Å². The first-order chi connectivity index (χ1) is 8.29. The zero-order chi connectivity index (χ0) is 12.1. The molecule has 1 fully saturated rings. The largest absolute Gasteiger partial charge is 0.490 e. The van der Waals surface area contributed by atoms with Gasteiger partial charge in [-0.15, -0.1) is 0 Å². The van der Waals surface area contributed by atoms with E-state index in [1.54, 1.807) is 0 Å². The Labute approximate surface area is 102 Å². The average Bonchev–Trinajstić information content (AvgIpc) is 3.14. The molecular formula is C14H20O3. The molecule has 1 atom stereocenters. The topological polar surface area (TPSA) is 38.7 Å². The van der Waals surface area contributed by atoms with Crippen LogP contribution in [0.2, 0.25) is 0 Å². The molecule has 0 radical (unpaired) electrons. The minimum atomic E-state index is -0.448. The smallest absolute Gasteiger partial charge is 0.119 e. The van der Waals surface area contributed by atoms with Crippen LogP contribution in [-0.4, -0.2) is 24.4 Å². The van der Waals surface area contributed by atoms with Gasteiger partial charge >= 0.3 is 0 Å². The molecule has 0 saturated heterocycles. The van der Waals surface area contributed by atoms with Crippen molar-refractivity contribution in [3.05, 3.63) is 29.8 Å². The van der Waals surface area contributed by atoms with Crippen molar-refractivity contribution in [2.45, 2.75) is 38.4 Å². The van der Waals surface area contributed by atoms with Crippen LogP contribution in [0.4, 0.5) is 0 Å². The van der Waals surface area contributed by atoms with Crippen molar-refractivity contribution in [1.82, 2.24) is 0 Å². The van der Waals surface area contributed by atoms with Crippen LogP contribution >= 0.6 is 0 Å². The van der Waals surface area contributed by atoms with Crippen LogP contribution < -0.4 is 4.74 Å².